The van der Waals surface area contributed by atoms with E-state index in [0.717, 1.165) is 42.4 Å². The smallest absolute Gasteiger partial charge is 0.0640 e. The van der Waals surface area contributed by atoms with Gasteiger partial charge in [0.2, 0.25) is 0 Å². The fraction of sp³-hybridized carbons (Fsp3) is 0.964. The molecule has 0 spiro atoms. The molecule has 0 radical (unpaired) electrons. The van der Waals surface area contributed by atoms with Crippen molar-refractivity contribution in [1.82, 2.24) is 0 Å². The molecule has 6 fully saturated rings. The largest absolute Gasteiger partial charge is 0.411 e. The maximum absolute atomic E-state index is 9.57. The van der Waals surface area contributed by atoms with Crippen molar-refractivity contribution in [2.45, 2.75) is 105 Å². The van der Waals surface area contributed by atoms with E-state index < -0.39 is 0 Å². The molecule has 3 nitrogen and oxygen atoms in total. The van der Waals surface area contributed by atoms with Crippen LogP contribution in [0.1, 0.15) is 98.8 Å². The molecule has 5 aliphatic carbocycles. The highest BCUT2D eigenvalue weighted by molar-refractivity contribution is 5.87. The highest BCUT2D eigenvalue weighted by Gasteiger charge is 2.71. The van der Waals surface area contributed by atoms with E-state index in [9.17, 15) is 5.21 Å². The molecule has 3 heteroatoms. The molecule has 31 heavy (non-hydrogen) atoms. The highest BCUT2D eigenvalue weighted by atomic mass is 16.5. The van der Waals surface area contributed by atoms with Crippen LogP contribution in [0.25, 0.3) is 0 Å². The summed E-state index contributed by atoms with van der Waals surface area (Å²) in [6.45, 7) is 13.9. The zero-order valence-electron chi connectivity index (χ0n) is 20.6. The molecule has 2 bridgehead atoms. The fourth-order valence-corrected chi connectivity index (χ4v) is 11.7. The van der Waals surface area contributed by atoms with E-state index in [2.05, 4.69) is 39.8 Å². The minimum Gasteiger partial charge on any atom is -0.411 e. The van der Waals surface area contributed by atoms with Gasteiger partial charge in [0, 0.05) is 5.92 Å². The van der Waals surface area contributed by atoms with Gasteiger partial charge in [-0.2, -0.15) is 0 Å². The lowest BCUT2D eigenvalue weighted by atomic mass is 9.33. The van der Waals surface area contributed by atoms with E-state index in [-0.39, 0.29) is 0 Å². The van der Waals surface area contributed by atoms with Crippen LogP contribution in [0.3, 0.4) is 0 Å². The number of hydrogen-bond donors (Lipinski definition) is 1. The Balaban J connectivity index is 1.37. The summed E-state index contributed by atoms with van der Waals surface area (Å²) >= 11 is 0. The molecule has 0 unspecified atom stereocenters. The van der Waals surface area contributed by atoms with Gasteiger partial charge in [-0.15, -0.1) is 0 Å². The van der Waals surface area contributed by atoms with E-state index in [4.69, 9.17) is 4.74 Å². The van der Waals surface area contributed by atoms with Gasteiger partial charge >= 0.3 is 0 Å². The van der Waals surface area contributed by atoms with Crippen LogP contribution in [0, 0.1) is 57.2 Å². The predicted octanol–water partition coefficient (Wildman–Crippen LogP) is 6.93. The van der Waals surface area contributed by atoms with Crippen molar-refractivity contribution in [2.24, 2.45) is 62.3 Å². The number of oxime groups is 1. The number of rotatable bonds is 0. The molecule has 11 atom stereocenters. The molecule has 0 amide bonds. The van der Waals surface area contributed by atoms with Crippen molar-refractivity contribution in [2.75, 3.05) is 6.61 Å². The summed E-state index contributed by atoms with van der Waals surface area (Å²) in [4.78, 5) is 0. The van der Waals surface area contributed by atoms with Gasteiger partial charge in [0.05, 0.1) is 18.4 Å². The minimum atomic E-state index is 0.409. The third-order valence-corrected chi connectivity index (χ3v) is 13.0. The topological polar surface area (TPSA) is 41.8 Å². The van der Waals surface area contributed by atoms with Crippen LogP contribution in [0.5, 0.6) is 0 Å². The number of fused-ring (bicyclic) bond motifs is 5. The Labute approximate surface area is 189 Å². The third-order valence-electron chi connectivity index (χ3n) is 13.0. The zero-order chi connectivity index (χ0) is 21.8. The van der Waals surface area contributed by atoms with Crippen LogP contribution in [0.2, 0.25) is 0 Å². The number of hydrogen-bond acceptors (Lipinski definition) is 3. The SMILES string of the molecule is C[C@H]1CC[C@@]23CC[C@@H]4[C@]5(C)CC[C@@H]6[C@@H](C)/C(=N\O)CC[C@]6(C)[C@@H]5CC[C@]4(C)[C@@H]2[C@@H]1OC3. The Morgan fingerprint density at radius 3 is 2.29 bits per heavy atom. The normalized spacial score (nSPS) is 61.8. The summed E-state index contributed by atoms with van der Waals surface area (Å²) in [7, 11) is 0. The molecular weight excluding hydrogens is 382 g/mol. The Kier molecular flexibility index (Phi) is 4.41. The van der Waals surface area contributed by atoms with Gasteiger partial charge in [-0.3, -0.25) is 0 Å². The predicted molar refractivity (Wildman–Crippen MR) is 124 cm³/mol. The first kappa shape index (κ1) is 21.0. The van der Waals surface area contributed by atoms with Gasteiger partial charge in [-0.25, -0.2) is 0 Å². The van der Waals surface area contributed by atoms with Crippen molar-refractivity contribution >= 4 is 5.71 Å². The van der Waals surface area contributed by atoms with Crippen molar-refractivity contribution in [3.8, 4) is 0 Å². The van der Waals surface area contributed by atoms with Gasteiger partial charge in [-0.1, -0.05) is 39.8 Å². The van der Waals surface area contributed by atoms with Crippen LogP contribution in [0.4, 0.5) is 0 Å². The van der Waals surface area contributed by atoms with E-state index in [0.29, 0.717) is 39.6 Å². The van der Waals surface area contributed by atoms with E-state index in [1.807, 2.05) is 0 Å². The third kappa shape index (κ3) is 2.43. The second-order valence-electron chi connectivity index (χ2n) is 13.9. The summed E-state index contributed by atoms with van der Waals surface area (Å²) in [6, 6.07) is 0. The first-order valence-corrected chi connectivity index (χ1v) is 13.5. The van der Waals surface area contributed by atoms with Gasteiger partial charge in [0.15, 0.2) is 0 Å². The van der Waals surface area contributed by atoms with Crippen molar-refractivity contribution in [3.63, 3.8) is 0 Å². The molecule has 0 aromatic rings. The van der Waals surface area contributed by atoms with Crippen LogP contribution in [-0.4, -0.2) is 23.6 Å². The van der Waals surface area contributed by atoms with Crippen LogP contribution < -0.4 is 0 Å². The molecule has 5 saturated carbocycles. The van der Waals surface area contributed by atoms with Crippen LogP contribution in [-0.2, 0) is 4.74 Å². The van der Waals surface area contributed by atoms with Crippen molar-refractivity contribution in [3.05, 3.63) is 0 Å². The van der Waals surface area contributed by atoms with Gasteiger partial charge in [-0.05, 0) is 115 Å². The molecular formula is C28H45NO2. The minimum absolute atomic E-state index is 0.409. The maximum Gasteiger partial charge on any atom is 0.0640 e. The molecule has 6 rings (SSSR count). The quantitative estimate of drug-likeness (QED) is 0.336. The van der Waals surface area contributed by atoms with Crippen LogP contribution >= 0.6 is 0 Å². The standard InChI is InChI=1S/C28H45NO2/c1-17-6-14-28-15-10-22-26(4)11-7-19-18(2)20(29-30)8-12-25(19,3)21(26)9-13-27(22,5)24(28)23(17)31-16-28/h17-19,21-24,30H,6-16H2,1-5H3/b29-20-/t17-,18+,19+,21-,22+,23+,24-,25-,26+,27-,28-/m0/s1. The molecule has 6 aliphatic rings. The average molecular weight is 428 g/mol. The molecule has 0 aromatic heterocycles. The maximum atomic E-state index is 9.57. The Hall–Kier alpha value is -0.570. The molecule has 1 aliphatic heterocycles. The van der Waals surface area contributed by atoms with Crippen molar-refractivity contribution < 1.29 is 9.94 Å². The first-order valence-electron chi connectivity index (χ1n) is 13.5. The Bertz CT molecular complexity index is 794. The van der Waals surface area contributed by atoms with Gasteiger partial charge in [0.1, 0.15) is 0 Å². The summed E-state index contributed by atoms with van der Waals surface area (Å²) in [6.07, 6.45) is 13.9. The lowest BCUT2D eigenvalue weighted by molar-refractivity contribution is -0.218. The van der Waals surface area contributed by atoms with Crippen molar-refractivity contribution in [1.29, 1.82) is 0 Å². The molecule has 1 N–H and O–H groups in total. The average Bonchev–Trinajstić information content (AvgIpc) is 3.06. The lowest BCUT2D eigenvalue weighted by Gasteiger charge is -2.71. The van der Waals surface area contributed by atoms with E-state index in [1.54, 1.807) is 0 Å². The summed E-state index contributed by atoms with van der Waals surface area (Å²) in [5.74, 6) is 4.36. The molecule has 174 valence electrons. The monoisotopic (exact) mass is 427 g/mol. The summed E-state index contributed by atoms with van der Waals surface area (Å²) in [5, 5.41) is 13.3. The first-order chi connectivity index (χ1) is 14.7. The van der Waals surface area contributed by atoms with Gasteiger partial charge < -0.3 is 9.94 Å². The molecule has 1 saturated heterocycles. The second kappa shape index (κ2) is 6.51. The van der Waals surface area contributed by atoms with E-state index in [1.165, 1.54) is 57.8 Å². The number of nitrogens with zero attached hydrogens (tertiary/aromatic N) is 1. The summed E-state index contributed by atoms with van der Waals surface area (Å²) in [5.41, 5.74) is 2.90. The van der Waals surface area contributed by atoms with Gasteiger partial charge in [0.25, 0.3) is 0 Å². The number of ether oxygens (including phenoxy) is 1. The Morgan fingerprint density at radius 2 is 1.52 bits per heavy atom. The Morgan fingerprint density at radius 1 is 0.839 bits per heavy atom. The van der Waals surface area contributed by atoms with E-state index >= 15 is 0 Å². The molecule has 1 heterocycles. The highest BCUT2D eigenvalue weighted by Crippen LogP contribution is 2.76. The lowest BCUT2D eigenvalue weighted by Crippen LogP contribution is -2.65. The molecule has 0 aromatic carbocycles. The fourth-order valence-electron chi connectivity index (χ4n) is 11.7. The summed E-state index contributed by atoms with van der Waals surface area (Å²) < 4.78 is 6.62. The zero-order valence-corrected chi connectivity index (χ0v) is 20.6. The van der Waals surface area contributed by atoms with Crippen LogP contribution in [0.15, 0.2) is 5.16 Å². The second-order valence-corrected chi connectivity index (χ2v) is 13.9.